The molecule has 2 aromatic carbocycles. The zero-order valence-corrected chi connectivity index (χ0v) is 21.2. The Balaban J connectivity index is 1.40. The maximum atomic E-state index is 13.0. The van der Waals surface area contributed by atoms with E-state index in [0.29, 0.717) is 28.7 Å². The van der Waals surface area contributed by atoms with E-state index in [2.05, 4.69) is 15.7 Å². The topological polar surface area (TPSA) is 153 Å². The Hall–Kier alpha value is -3.52. The zero-order valence-electron chi connectivity index (χ0n) is 18.7. The van der Waals surface area contributed by atoms with Crippen molar-refractivity contribution < 1.29 is 18.0 Å². The molecular weight excluding hydrogens is 522 g/mol. The molecule has 0 fully saturated rings. The molecule has 0 spiro atoms. The van der Waals surface area contributed by atoms with E-state index in [4.69, 9.17) is 5.14 Å². The van der Waals surface area contributed by atoms with Gasteiger partial charge in [0.1, 0.15) is 4.70 Å². The number of carbonyl (C=O) groups is 2. The molecule has 2 amide bonds. The minimum atomic E-state index is -3.76. The molecular formula is C23H21N5O5S3. The highest BCUT2D eigenvalue weighted by Gasteiger charge is 2.17. The van der Waals surface area contributed by atoms with E-state index >= 15 is 0 Å². The highest BCUT2D eigenvalue weighted by Crippen LogP contribution is 2.20. The monoisotopic (exact) mass is 543 g/mol. The van der Waals surface area contributed by atoms with Crippen LogP contribution in [0.4, 0.5) is 0 Å². The van der Waals surface area contributed by atoms with Gasteiger partial charge in [-0.25, -0.2) is 18.5 Å². The molecule has 0 bridgehead atoms. The SMILES string of the molecule is NS(=O)(=O)c1ccc(CCNC(=O)CSc2nc3ccsc3c(=O)n2NC(=O)c2ccccc2)cc1. The first-order valence-electron chi connectivity index (χ1n) is 10.6. The molecule has 0 aliphatic rings. The standard InChI is InChI=1S/C23H21N5O5S3/c24-36(32,33)17-8-6-15(7-9-17)10-12-25-19(29)14-35-23-26-18-11-13-34-20(18)22(31)28(23)27-21(30)16-4-2-1-3-5-16/h1-9,11,13H,10,12,14H2,(H,25,29)(H,27,30)(H2,24,32,33). The van der Waals surface area contributed by atoms with Crippen molar-refractivity contribution in [3.05, 3.63) is 87.5 Å². The van der Waals surface area contributed by atoms with Crippen molar-refractivity contribution in [1.29, 1.82) is 0 Å². The number of primary sulfonamides is 1. The second kappa shape index (κ2) is 11.0. The van der Waals surface area contributed by atoms with Crippen LogP contribution in [-0.4, -0.2) is 42.2 Å². The number of amides is 2. The van der Waals surface area contributed by atoms with Crippen LogP contribution in [-0.2, 0) is 21.2 Å². The first kappa shape index (κ1) is 25.6. The van der Waals surface area contributed by atoms with Crippen molar-refractivity contribution in [3.63, 3.8) is 0 Å². The Bertz CT molecular complexity index is 1570. The number of benzene rings is 2. The van der Waals surface area contributed by atoms with Crippen LogP contribution in [0.15, 0.2) is 80.9 Å². The highest BCUT2D eigenvalue weighted by atomic mass is 32.2. The summed E-state index contributed by atoms with van der Waals surface area (Å²) in [5, 5.41) is 9.79. The number of nitrogens with two attached hydrogens (primary N) is 1. The number of rotatable bonds is 9. The molecule has 186 valence electrons. The fraction of sp³-hybridized carbons (Fsp3) is 0.130. The summed E-state index contributed by atoms with van der Waals surface area (Å²) in [7, 11) is -3.76. The number of hydrogen-bond acceptors (Lipinski definition) is 8. The summed E-state index contributed by atoms with van der Waals surface area (Å²) in [5.41, 5.74) is 3.85. The van der Waals surface area contributed by atoms with Gasteiger partial charge in [0.2, 0.25) is 15.9 Å². The van der Waals surface area contributed by atoms with Crippen molar-refractivity contribution in [2.45, 2.75) is 16.5 Å². The van der Waals surface area contributed by atoms with E-state index in [1.807, 2.05) is 0 Å². The highest BCUT2D eigenvalue weighted by molar-refractivity contribution is 7.99. The van der Waals surface area contributed by atoms with Crippen molar-refractivity contribution in [1.82, 2.24) is 15.0 Å². The molecule has 0 aliphatic carbocycles. The van der Waals surface area contributed by atoms with E-state index in [1.165, 1.54) is 23.5 Å². The number of nitrogens with zero attached hydrogens (tertiary/aromatic N) is 2. The van der Waals surface area contributed by atoms with Gasteiger partial charge in [-0.1, -0.05) is 42.1 Å². The predicted molar refractivity (Wildman–Crippen MR) is 139 cm³/mol. The number of nitrogens with one attached hydrogen (secondary N) is 2. The minimum absolute atomic E-state index is 0.0205. The summed E-state index contributed by atoms with van der Waals surface area (Å²) in [6.07, 6.45) is 0.484. The number of sulfonamides is 1. The number of thiophene rings is 1. The number of aromatic nitrogens is 2. The molecule has 0 saturated carbocycles. The maximum absolute atomic E-state index is 13.0. The van der Waals surface area contributed by atoms with Crippen LogP contribution in [0.1, 0.15) is 15.9 Å². The normalized spacial score (nSPS) is 11.4. The molecule has 0 radical (unpaired) electrons. The van der Waals surface area contributed by atoms with Gasteiger partial charge in [0.15, 0.2) is 5.16 Å². The van der Waals surface area contributed by atoms with Gasteiger partial charge in [-0.05, 0) is 47.7 Å². The van der Waals surface area contributed by atoms with E-state index in [-0.39, 0.29) is 21.7 Å². The van der Waals surface area contributed by atoms with Gasteiger partial charge in [0.25, 0.3) is 11.5 Å². The smallest absolute Gasteiger partial charge is 0.291 e. The van der Waals surface area contributed by atoms with Gasteiger partial charge < -0.3 is 5.32 Å². The second-order valence-electron chi connectivity index (χ2n) is 7.55. The summed E-state index contributed by atoms with van der Waals surface area (Å²) in [5.74, 6) is -0.801. The molecule has 0 unspecified atom stereocenters. The van der Waals surface area contributed by atoms with Crippen molar-refractivity contribution in [3.8, 4) is 0 Å². The van der Waals surface area contributed by atoms with Crippen molar-refractivity contribution in [2.24, 2.45) is 5.14 Å². The lowest BCUT2D eigenvalue weighted by Crippen LogP contribution is -2.35. The Kier molecular flexibility index (Phi) is 7.84. The molecule has 4 aromatic rings. The molecule has 36 heavy (non-hydrogen) atoms. The molecule has 2 aromatic heterocycles. The Labute approximate surface area is 214 Å². The van der Waals surface area contributed by atoms with Gasteiger partial charge in [-0.2, -0.15) is 4.68 Å². The Morgan fingerprint density at radius 3 is 2.47 bits per heavy atom. The van der Waals surface area contributed by atoms with Crippen LogP contribution in [0.3, 0.4) is 0 Å². The van der Waals surface area contributed by atoms with Crippen molar-refractivity contribution in [2.75, 3.05) is 17.7 Å². The van der Waals surface area contributed by atoms with Gasteiger partial charge >= 0.3 is 0 Å². The first-order valence-corrected chi connectivity index (χ1v) is 14.0. The van der Waals surface area contributed by atoms with Gasteiger partial charge in [0.05, 0.1) is 16.2 Å². The lowest BCUT2D eigenvalue weighted by molar-refractivity contribution is -0.118. The first-order chi connectivity index (χ1) is 17.2. The second-order valence-corrected chi connectivity index (χ2v) is 11.0. The predicted octanol–water partition coefficient (Wildman–Crippen LogP) is 1.94. The van der Waals surface area contributed by atoms with Gasteiger partial charge in [-0.3, -0.25) is 19.8 Å². The van der Waals surface area contributed by atoms with Crippen LogP contribution in [0.2, 0.25) is 0 Å². The van der Waals surface area contributed by atoms with Crippen LogP contribution in [0, 0.1) is 0 Å². The third kappa shape index (κ3) is 6.18. The largest absolute Gasteiger partial charge is 0.355 e. The molecule has 0 saturated heterocycles. The number of carbonyl (C=O) groups excluding carboxylic acids is 2. The summed E-state index contributed by atoms with van der Waals surface area (Å²) in [4.78, 5) is 42.5. The lowest BCUT2D eigenvalue weighted by Gasteiger charge is -2.13. The zero-order chi connectivity index (χ0) is 25.7. The summed E-state index contributed by atoms with van der Waals surface area (Å²) in [6.45, 7) is 0.322. The third-order valence-electron chi connectivity index (χ3n) is 5.02. The average molecular weight is 544 g/mol. The number of hydrogen-bond donors (Lipinski definition) is 3. The quantitative estimate of drug-likeness (QED) is 0.215. The van der Waals surface area contributed by atoms with Crippen LogP contribution < -0.4 is 21.4 Å². The Morgan fingerprint density at radius 2 is 1.78 bits per heavy atom. The van der Waals surface area contributed by atoms with E-state index < -0.39 is 21.5 Å². The van der Waals surface area contributed by atoms with Gasteiger partial charge in [-0.15, -0.1) is 11.3 Å². The van der Waals surface area contributed by atoms with E-state index in [0.717, 1.165) is 22.0 Å². The molecule has 0 atom stereocenters. The summed E-state index contributed by atoms with van der Waals surface area (Å²) < 4.78 is 24.1. The van der Waals surface area contributed by atoms with Crippen LogP contribution in [0.5, 0.6) is 0 Å². The molecule has 0 aliphatic heterocycles. The van der Waals surface area contributed by atoms with Gasteiger partial charge in [0, 0.05) is 12.1 Å². The maximum Gasteiger partial charge on any atom is 0.291 e. The third-order valence-corrected chi connectivity index (χ3v) is 7.78. The van der Waals surface area contributed by atoms with E-state index in [9.17, 15) is 22.8 Å². The number of fused-ring (bicyclic) bond motifs is 1. The Morgan fingerprint density at radius 1 is 1.06 bits per heavy atom. The summed E-state index contributed by atoms with van der Waals surface area (Å²) >= 11 is 2.24. The lowest BCUT2D eigenvalue weighted by atomic mass is 10.1. The summed E-state index contributed by atoms with van der Waals surface area (Å²) in [6, 6.07) is 16.3. The minimum Gasteiger partial charge on any atom is -0.355 e. The fourth-order valence-electron chi connectivity index (χ4n) is 3.22. The van der Waals surface area contributed by atoms with Crippen LogP contribution in [0.25, 0.3) is 10.2 Å². The molecule has 10 nitrogen and oxygen atoms in total. The van der Waals surface area contributed by atoms with Crippen LogP contribution >= 0.6 is 23.1 Å². The molecule has 4 rings (SSSR count). The fourth-order valence-corrected chi connectivity index (χ4v) is 5.27. The molecule has 4 N–H and O–H groups in total. The number of thioether (sulfide) groups is 1. The van der Waals surface area contributed by atoms with Crippen molar-refractivity contribution >= 4 is 55.2 Å². The van der Waals surface area contributed by atoms with E-state index in [1.54, 1.807) is 53.9 Å². The molecule has 2 heterocycles. The molecule has 13 heteroatoms. The average Bonchev–Trinajstić information content (AvgIpc) is 3.34.